The Labute approximate surface area is 107 Å². The Bertz CT molecular complexity index is 482. The Kier molecular flexibility index (Phi) is 4.36. The largest absolute Gasteiger partial charge is 0.338 e. The molecule has 0 saturated heterocycles. The van der Waals surface area contributed by atoms with Gasteiger partial charge in [0.1, 0.15) is 0 Å². The molecule has 0 fully saturated rings. The maximum Gasteiger partial charge on any atom is 0.319 e. The second-order valence-corrected chi connectivity index (χ2v) is 3.98. The SMILES string of the molecule is O=C(NCCc1ccccc1)Nc1ccccc1. The number of carbonyl (C=O) groups excluding carboxylic acids is 1. The van der Waals surface area contributed by atoms with Gasteiger partial charge in [-0.25, -0.2) is 4.79 Å². The molecule has 0 heterocycles. The Hall–Kier alpha value is -2.29. The fourth-order valence-electron chi connectivity index (χ4n) is 1.66. The van der Waals surface area contributed by atoms with Gasteiger partial charge < -0.3 is 10.6 Å². The Morgan fingerprint density at radius 2 is 1.50 bits per heavy atom. The number of amides is 2. The van der Waals surface area contributed by atoms with Crippen LogP contribution < -0.4 is 10.6 Å². The van der Waals surface area contributed by atoms with E-state index in [4.69, 9.17) is 0 Å². The van der Waals surface area contributed by atoms with Crippen molar-refractivity contribution >= 4 is 11.7 Å². The fourth-order valence-corrected chi connectivity index (χ4v) is 1.66. The molecule has 18 heavy (non-hydrogen) atoms. The second-order valence-electron chi connectivity index (χ2n) is 3.98. The lowest BCUT2D eigenvalue weighted by Gasteiger charge is -2.07. The average molecular weight is 240 g/mol. The van der Waals surface area contributed by atoms with E-state index in [9.17, 15) is 4.79 Å². The van der Waals surface area contributed by atoms with Crippen molar-refractivity contribution in [1.82, 2.24) is 5.32 Å². The van der Waals surface area contributed by atoms with E-state index < -0.39 is 0 Å². The van der Waals surface area contributed by atoms with Crippen molar-refractivity contribution in [2.75, 3.05) is 11.9 Å². The summed E-state index contributed by atoms with van der Waals surface area (Å²) in [6, 6.07) is 19.3. The predicted molar refractivity (Wildman–Crippen MR) is 73.6 cm³/mol. The van der Waals surface area contributed by atoms with Crippen LogP contribution in [-0.4, -0.2) is 12.6 Å². The van der Waals surface area contributed by atoms with Crippen LogP contribution in [0.3, 0.4) is 0 Å². The van der Waals surface area contributed by atoms with Gasteiger partial charge in [0.05, 0.1) is 0 Å². The van der Waals surface area contributed by atoms with E-state index in [1.807, 2.05) is 48.5 Å². The van der Waals surface area contributed by atoms with Gasteiger partial charge in [0.2, 0.25) is 0 Å². The topological polar surface area (TPSA) is 41.1 Å². The van der Waals surface area contributed by atoms with E-state index in [1.165, 1.54) is 5.56 Å². The van der Waals surface area contributed by atoms with Crippen LogP contribution in [0.1, 0.15) is 5.56 Å². The normalized spacial score (nSPS) is 9.78. The highest BCUT2D eigenvalue weighted by Crippen LogP contribution is 2.04. The molecule has 2 aromatic rings. The molecule has 2 amide bonds. The Balaban J connectivity index is 1.73. The van der Waals surface area contributed by atoms with Gasteiger partial charge in [0.25, 0.3) is 0 Å². The summed E-state index contributed by atoms with van der Waals surface area (Å²) < 4.78 is 0. The number of urea groups is 1. The molecule has 0 bridgehead atoms. The second kappa shape index (κ2) is 6.45. The van der Waals surface area contributed by atoms with Crippen LogP contribution in [0, 0.1) is 0 Å². The van der Waals surface area contributed by atoms with Crippen molar-refractivity contribution in [3.05, 3.63) is 66.2 Å². The molecule has 92 valence electrons. The maximum absolute atomic E-state index is 11.6. The van der Waals surface area contributed by atoms with Gasteiger partial charge in [0.15, 0.2) is 0 Å². The minimum atomic E-state index is -0.169. The molecule has 0 aliphatic heterocycles. The summed E-state index contributed by atoms with van der Waals surface area (Å²) in [6.07, 6.45) is 0.836. The molecule has 0 atom stereocenters. The summed E-state index contributed by atoms with van der Waals surface area (Å²) in [7, 11) is 0. The van der Waals surface area contributed by atoms with E-state index in [2.05, 4.69) is 22.8 Å². The van der Waals surface area contributed by atoms with Gasteiger partial charge in [-0.05, 0) is 24.1 Å². The van der Waals surface area contributed by atoms with Crippen molar-refractivity contribution in [2.24, 2.45) is 0 Å². The zero-order valence-electron chi connectivity index (χ0n) is 10.1. The number of rotatable bonds is 4. The van der Waals surface area contributed by atoms with E-state index >= 15 is 0 Å². The number of nitrogens with one attached hydrogen (secondary N) is 2. The monoisotopic (exact) mass is 240 g/mol. The lowest BCUT2D eigenvalue weighted by atomic mass is 10.1. The van der Waals surface area contributed by atoms with E-state index in [1.54, 1.807) is 0 Å². The van der Waals surface area contributed by atoms with Crippen molar-refractivity contribution in [2.45, 2.75) is 6.42 Å². The van der Waals surface area contributed by atoms with Crippen LogP contribution in [0.25, 0.3) is 0 Å². The average Bonchev–Trinajstić information content (AvgIpc) is 2.41. The van der Waals surface area contributed by atoms with Gasteiger partial charge in [-0.3, -0.25) is 0 Å². The first-order chi connectivity index (χ1) is 8.84. The molecular weight excluding hydrogens is 224 g/mol. The summed E-state index contributed by atoms with van der Waals surface area (Å²) in [4.78, 5) is 11.6. The van der Waals surface area contributed by atoms with E-state index in [0.29, 0.717) is 6.54 Å². The first-order valence-corrected chi connectivity index (χ1v) is 5.98. The van der Waals surface area contributed by atoms with Gasteiger partial charge in [0, 0.05) is 12.2 Å². The van der Waals surface area contributed by atoms with Crippen LogP contribution in [0.5, 0.6) is 0 Å². The summed E-state index contributed by atoms with van der Waals surface area (Å²) in [5.74, 6) is 0. The van der Waals surface area contributed by atoms with E-state index in [0.717, 1.165) is 12.1 Å². The van der Waals surface area contributed by atoms with Crippen molar-refractivity contribution in [3.63, 3.8) is 0 Å². The smallest absolute Gasteiger partial charge is 0.319 e. The molecule has 0 aliphatic rings. The third-order valence-corrected chi connectivity index (χ3v) is 2.57. The fraction of sp³-hybridized carbons (Fsp3) is 0.133. The molecule has 0 aliphatic carbocycles. The Morgan fingerprint density at radius 1 is 0.889 bits per heavy atom. The minimum absolute atomic E-state index is 0.169. The third kappa shape index (κ3) is 3.94. The maximum atomic E-state index is 11.6. The summed E-state index contributed by atoms with van der Waals surface area (Å²) >= 11 is 0. The zero-order valence-corrected chi connectivity index (χ0v) is 10.1. The molecule has 0 aromatic heterocycles. The lowest BCUT2D eigenvalue weighted by molar-refractivity contribution is 0.252. The first kappa shape index (κ1) is 12.2. The molecule has 0 saturated carbocycles. The Morgan fingerprint density at radius 3 is 2.17 bits per heavy atom. The van der Waals surface area contributed by atoms with Crippen LogP contribution in [0.15, 0.2) is 60.7 Å². The van der Waals surface area contributed by atoms with Crippen LogP contribution >= 0.6 is 0 Å². The molecule has 3 heteroatoms. The number of carbonyl (C=O) groups is 1. The highest BCUT2D eigenvalue weighted by atomic mass is 16.2. The number of hydrogen-bond donors (Lipinski definition) is 2. The minimum Gasteiger partial charge on any atom is -0.338 e. The summed E-state index contributed by atoms with van der Waals surface area (Å²) in [5.41, 5.74) is 2.02. The van der Waals surface area contributed by atoms with Crippen LogP contribution in [0.2, 0.25) is 0 Å². The van der Waals surface area contributed by atoms with Gasteiger partial charge >= 0.3 is 6.03 Å². The standard InChI is InChI=1S/C15H16N2O/c18-15(17-14-9-5-2-6-10-14)16-12-11-13-7-3-1-4-8-13/h1-10H,11-12H2,(H2,16,17,18). The highest BCUT2D eigenvalue weighted by molar-refractivity contribution is 5.89. The molecule has 2 N–H and O–H groups in total. The number of hydrogen-bond acceptors (Lipinski definition) is 1. The van der Waals surface area contributed by atoms with Gasteiger partial charge in [-0.1, -0.05) is 48.5 Å². The van der Waals surface area contributed by atoms with Crippen molar-refractivity contribution in [3.8, 4) is 0 Å². The summed E-state index contributed by atoms with van der Waals surface area (Å²) in [6.45, 7) is 0.628. The predicted octanol–water partition coefficient (Wildman–Crippen LogP) is 3.05. The third-order valence-electron chi connectivity index (χ3n) is 2.57. The molecule has 2 rings (SSSR count). The highest BCUT2D eigenvalue weighted by Gasteiger charge is 2.00. The molecule has 0 spiro atoms. The molecule has 2 aromatic carbocycles. The van der Waals surface area contributed by atoms with Crippen molar-refractivity contribution < 1.29 is 4.79 Å². The lowest BCUT2D eigenvalue weighted by Crippen LogP contribution is -2.30. The quantitative estimate of drug-likeness (QED) is 0.847. The molecule has 0 unspecified atom stereocenters. The first-order valence-electron chi connectivity index (χ1n) is 5.98. The van der Waals surface area contributed by atoms with Crippen LogP contribution in [0.4, 0.5) is 10.5 Å². The van der Waals surface area contributed by atoms with Crippen molar-refractivity contribution in [1.29, 1.82) is 0 Å². The summed E-state index contributed by atoms with van der Waals surface area (Å²) in [5, 5.41) is 5.61. The molecule has 3 nitrogen and oxygen atoms in total. The molecular formula is C15H16N2O. The number of anilines is 1. The number of para-hydroxylation sites is 1. The van der Waals surface area contributed by atoms with E-state index in [-0.39, 0.29) is 6.03 Å². The van der Waals surface area contributed by atoms with Gasteiger partial charge in [-0.15, -0.1) is 0 Å². The van der Waals surface area contributed by atoms with Crippen LogP contribution in [-0.2, 0) is 6.42 Å². The zero-order chi connectivity index (χ0) is 12.6. The molecule has 0 radical (unpaired) electrons. The van der Waals surface area contributed by atoms with Gasteiger partial charge in [-0.2, -0.15) is 0 Å². The number of benzene rings is 2.